The van der Waals surface area contributed by atoms with Gasteiger partial charge in [-0.15, -0.1) is 0 Å². The van der Waals surface area contributed by atoms with Crippen LogP contribution in [0.15, 0.2) is 48.5 Å². The number of aliphatic carboxylic acids is 1. The molecular weight excluding hydrogens is 285 g/mol. The Hall–Kier alpha value is -2.40. The Bertz CT molecular complexity index is 628. The highest BCUT2D eigenvalue weighted by Crippen LogP contribution is 2.15. The Balaban J connectivity index is 1.90. The van der Waals surface area contributed by atoms with Gasteiger partial charge in [-0.25, -0.2) is 4.39 Å². The molecule has 0 amide bonds. The van der Waals surface area contributed by atoms with Crippen LogP contribution in [0.1, 0.15) is 18.1 Å². The van der Waals surface area contributed by atoms with E-state index < -0.39 is 12.0 Å². The van der Waals surface area contributed by atoms with E-state index in [0.29, 0.717) is 18.9 Å². The van der Waals surface area contributed by atoms with Crippen molar-refractivity contribution in [3.05, 3.63) is 65.5 Å². The van der Waals surface area contributed by atoms with Gasteiger partial charge in [-0.3, -0.25) is 4.79 Å². The van der Waals surface area contributed by atoms with Crippen molar-refractivity contribution in [3.8, 4) is 5.75 Å². The quantitative estimate of drug-likeness (QED) is 0.825. The number of carbonyl (C=O) groups is 1. The van der Waals surface area contributed by atoms with Crippen LogP contribution < -0.4 is 10.1 Å². The molecule has 0 bridgehead atoms. The second-order valence-electron chi connectivity index (χ2n) is 5.00. The molecular formula is C17H18FNO3. The zero-order valence-corrected chi connectivity index (χ0v) is 12.3. The van der Waals surface area contributed by atoms with Crippen molar-refractivity contribution >= 4 is 5.97 Å². The van der Waals surface area contributed by atoms with Crippen molar-refractivity contribution in [1.82, 2.24) is 5.32 Å². The molecule has 2 rings (SSSR count). The van der Waals surface area contributed by atoms with E-state index in [2.05, 4.69) is 5.32 Å². The first-order chi connectivity index (χ1) is 10.5. The normalized spacial score (nSPS) is 11.9. The number of nitrogens with one attached hydrogen (secondary N) is 1. The lowest BCUT2D eigenvalue weighted by Gasteiger charge is -2.11. The van der Waals surface area contributed by atoms with Crippen LogP contribution in [0, 0.1) is 5.82 Å². The van der Waals surface area contributed by atoms with E-state index >= 15 is 0 Å². The summed E-state index contributed by atoms with van der Waals surface area (Å²) in [5.74, 6) is -0.473. The Labute approximate surface area is 128 Å². The second kappa shape index (κ2) is 7.56. The summed E-state index contributed by atoms with van der Waals surface area (Å²) in [4.78, 5) is 10.8. The molecule has 0 saturated carbocycles. The fourth-order valence-corrected chi connectivity index (χ4v) is 1.85. The first-order valence-electron chi connectivity index (χ1n) is 6.97. The molecule has 0 saturated heterocycles. The minimum atomic E-state index is -0.885. The topological polar surface area (TPSA) is 58.6 Å². The van der Waals surface area contributed by atoms with Gasteiger partial charge in [-0.05, 0) is 42.3 Å². The van der Waals surface area contributed by atoms with Gasteiger partial charge in [-0.2, -0.15) is 0 Å². The predicted molar refractivity (Wildman–Crippen MR) is 81.1 cm³/mol. The van der Waals surface area contributed by atoms with Crippen molar-refractivity contribution in [2.45, 2.75) is 26.1 Å². The number of halogens is 1. The predicted octanol–water partition coefficient (Wildman–Crippen LogP) is 2.97. The molecule has 0 spiro atoms. The van der Waals surface area contributed by atoms with Gasteiger partial charge in [0.2, 0.25) is 0 Å². The van der Waals surface area contributed by atoms with Crippen molar-refractivity contribution in [2.75, 3.05) is 0 Å². The average Bonchev–Trinajstić information content (AvgIpc) is 2.52. The van der Waals surface area contributed by atoms with Crippen LogP contribution in [0.3, 0.4) is 0 Å². The maximum Gasteiger partial charge on any atom is 0.320 e. The van der Waals surface area contributed by atoms with Crippen LogP contribution in [0.5, 0.6) is 5.75 Å². The van der Waals surface area contributed by atoms with Crippen molar-refractivity contribution < 1.29 is 19.0 Å². The van der Waals surface area contributed by atoms with Gasteiger partial charge in [0, 0.05) is 6.54 Å². The number of hydrogen-bond acceptors (Lipinski definition) is 3. The Morgan fingerprint density at radius 2 is 1.95 bits per heavy atom. The monoisotopic (exact) mass is 303 g/mol. The highest BCUT2D eigenvalue weighted by Gasteiger charge is 2.09. The van der Waals surface area contributed by atoms with Crippen LogP contribution in [0.25, 0.3) is 0 Å². The Kier molecular flexibility index (Phi) is 5.49. The highest BCUT2D eigenvalue weighted by atomic mass is 19.1. The van der Waals surface area contributed by atoms with E-state index in [1.807, 2.05) is 24.3 Å². The van der Waals surface area contributed by atoms with Gasteiger partial charge in [0.1, 0.15) is 24.2 Å². The van der Waals surface area contributed by atoms with Crippen LogP contribution in [0.2, 0.25) is 0 Å². The molecule has 5 heteroatoms. The Morgan fingerprint density at radius 1 is 1.23 bits per heavy atom. The van der Waals surface area contributed by atoms with Gasteiger partial charge in [-0.1, -0.05) is 24.3 Å². The fourth-order valence-electron chi connectivity index (χ4n) is 1.85. The van der Waals surface area contributed by atoms with E-state index in [0.717, 1.165) is 11.1 Å². The van der Waals surface area contributed by atoms with Crippen LogP contribution in [0.4, 0.5) is 4.39 Å². The first kappa shape index (κ1) is 16.0. The third kappa shape index (κ3) is 4.86. The standard InChI is InChI=1S/C17H18FNO3/c1-12(17(20)21)19-10-14-3-2-4-16(9-14)22-11-13-5-7-15(18)8-6-13/h2-9,12,19H,10-11H2,1H3,(H,20,21). The lowest BCUT2D eigenvalue weighted by atomic mass is 10.2. The number of benzene rings is 2. The zero-order valence-electron chi connectivity index (χ0n) is 12.3. The summed E-state index contributed by atoms with van der Waals surface area (Å²) in [6, 6.07) is 13.0. The maximum absolute atomic E-state index is 12.8. The molecule has 2 aromatic rings. The second-order valence-corrected chi connectivity index (χ2v) is 5.00. The summed E-state index contributed by atoms with van der Waals surface area (Å²) < 4.78 is 18.5. The van der Waals surface area contributed by atoms with E-state index in [9.17, 15) is 9.18 Å². The molecule has 0 aromatic heterocycles. The number of carboxylic acids is 1. The number of ether oxygens (including phenoxy) is 1. The minimum Gasteiger partial charge on any atom is -0.489 e. The minimum absolute atomic E-state index is 0.274. The fraction of sp³-hybridized carbons (Fsp3) is 0.235. The molecule has 2 aromatic carbocycles. The van der Waals surface area contributed by atoms with Crippen LogP contribution in [-0.2, 0) is 17.9 Å². The SMILES string of the molecule is CC(NCc1cccc(OCc2ccc(F)cc2)c1)C(=O)O. The first-order valence-corrected chi connectivity index (χ1v) is 6.97. The largest absolute Gasteiger partial charge is 0.489 e. The molecule has 0 aliphatic rings. The highest BCUT2D eigenvalue weighted by molar-refractivity contribution is 5.72. The summed E-state index contributed by atoms with van der Waals surface area (Å²) >= 11 is 0. The molecule has 0 aliphatic heterocycles. The van der Waals surface area contributed by atoms with E-state index in [4.69, 9.17) is 9.84 Å². The van der Waals surface area contributed by atoms with Crippen molar-refractivity contribution in [2.24, 2.45) is 0 Å². The third-order valence-electron chi connectivity index (χ3n) is 3.20. The zero-order chi connectivity index (χ0) is 15.9. The number of rotatable bonds is 7. The molecule has 116 valence electrons. The average molecular weight is 303 g/mol. The summed E-state index contributed by atoms with van der Waals surface area (Å²) in [6.45, 7) is 2.39. The molecule has 0 radical (unpaired) electrons. The van der Waals surface area contributed by atoms with E-state index in [-0.39, 0.29) is 5.82 Å². The third-order valence-corrected chi connectivity index (χ3v) is 3.20. The summed E-state index contributed by atoms with van der Waals surface area (Å²) in [5, 5.41) is 11.7. The maximum atomic E-state index is 12.8. The van der Waals surface area contributed by atoms with Gasteiger partial charge in [0.25, 0.3) is 0 Å². The smallest absolute Gasteiger partial charge is 0.320 e. The van der Waals surface area contributed by atoms with E-state index in [1.165, 1.54) is 12.1 Å². The van der Waals surface area contributed by atoms with Gasteiger partial charge in [0.15, 0.2) is 0 Å². The lowest BCUT2D eigenvalue weighted by molar-refractivity contribution is -0.139. The van der Waals surface area contributed by atoms with E-state index in [1.54, 1.807) is 19.1 Å². The number of hydrogen-bond donors (Lipinski definition) is 2. The molecule has 0 aliphatic carbocycles. The summed E-state index contributed by atoms with van der Waals surface area (Å²) in [5.41, 5.74) is 1.81. The summed E-state index contributed by atoms with van der Waals surface area (Å²) in [7, 11) is 0. The molecule has 0 fully saturated rings. The molecule has 1 atom stereocenters. The van der Waals surface area contributed by atoms with Crippen molar-refractivity contribution in [3.63, 3.8) is 0 Å². The molecule has 0 heterocycles. The molecule has 22 heavy (non-hydrogen) atoms. The Morgan fingerprint density at radius 3 is 2.64 bits per heavy atom. The molecule has 2 N–H and O–H groups in total. The number of carboxylic acid groups (broad SMARTS) is 1. The van der Waals surface area contributed by atoms with Crippen LogP contribution >= 0.6 is 0 Å². The van der Waals surface area contributed by atoms with Gasteiger partial charge in [0.05, 0.1) is 0 Å². The van der Waals surface area contributed by atoms with Crippen molar-refractivity contribution in [1.29, 1.82) is 0 Å². The molecule has 1 unspecified atom stereocenters. The summed E-state index contributed by atoms with van der Waals surface area (Å²) in [6.07, 6.45) is 0. The lowest BCUT2D eigenvalue weighted by Crippen LogP contribution is -2.33. The van der Waals surface area contributed by atoms with Gasteiger partial charge < -0.3 is 15.2 Å². The van der Waals surface area contributed by atoms with Crippen LogP contribution in [-0.4, -0.2) is 17.1 Å². The molecule has 4 nitrogen and oxygen atoms in total. The van der Waals surface area contributed by atoms with Gasteiger partial charge >= 0.3 is 5.97 Å².